The second-order valence-electron chi connectivity index (χ2n) is 9.84. The number of aryl methyl sites for hydroxylation is 1. The smallest absolute Gasteiger partial charge is 0.264 e. The second kappa shape index (κ2) is 14.9. The molecule has 3 aromatic rings. The van der Waals surface area contributed by atoms with Crippen molar-refractivity contribution in [2.45, 2.75) is 51.1 Å². The number of sulfonamides is 1. The molecule has 0 aromatic heterocycles. The minimum absolute atomic E-state index is 0.0986. The maximum atomic E-state index is 14.1. The first-order valence-electron chi connectivity index (χ1n) is 13.6. The van der Waals surface area contributed by atoms with Gasteiger partial charge < -0.3 is 19.7 Å². The lowest BCUT2D eigenvalue weighted by Crippen LogP contribution is -2.51. The average molecular weight is 616 g/mol. The number of carbonyl (C=O) groups is 2. The molecule has 11 heteroatoms. The number of rotatable bonds is 14. The Kier molecular flexibility index (Phi) is 11.6. The number of methoxy groups -OCH3 is 2. The van der Waals surface area contributed by atoms with E-state index in [0.29, 0.717) is 17.3 Å². The topological polar surface area (TPSA) is 105 Å². The van der Waals surface area contributed by atoms with E-state index in [-0.39, 0.29) is 28.8 Å². The monoisotopic (exact) mass is 615 g/mol. The van der Waals surface area contributed by atoms with Gasteiger partial charge in [-0.1, -0.05) is 54.8 Å². The van der Waals surface area contributed by atoms with Gasteiger partial charge in [-0.05, 0) is 62.2 Å². The molecular formula is C31H38ClN3O6S. The number of benzene rings is 3. The lowest BCUT2D eigenvalue weighted by Gasteiger charge is -2.32. The molecule has 0 aliphatic carbocycles. The van der Waals surface area contributed by atoms with Crippen molar-refractivity contribution in [3.05, 3.63) is 82.9 Å². The number of ether oxygens (including phenoxy) is 2. The molecule has 3 aromatic carbocycles. The maximum Gasteiger partial charge on any atom is 0.264 e. The molecule has 1 N–H and O–H groups in total. The number of halogens is 1. The molecule has 0 saturated heterocycles. The Labute approximate surface area is 253 Å². The van der Waals surface area contributed by atoms with Crippen LogP contribution in [0.15, 0.2) is 71.6 Å². The summed E-state index contributed by atoms with van der Waals surface area (Å²) >= 11 is 6.09. The first-order chi connectivity index (χ1) is 20.0. The quantitative estimate of drug-likeness (QED) is 0.250. The van der Waals surface area contributed by atoms with Crippen molar-refractivity contribution in [2.75, 3.05) is 31.6 Å². The van der Waals surface area contributed by atoms with Gasteiger partial charge in [-0.2, -0.15) is 0 Å². The van der Waals surface area contributed by atoms with Crippen LogP contribution in [0.1, 0.15) is 37.8 Å². The number of anilines is 1. The molecule has 0 saturated carbocycles. The fourth-order valence-corrected chi connectivity index (χ4v) is 5.92. The third kappa shape index (κ3) is 8.17. The molecule has 0 fully saturated rings. The van der Waals surface area contributed by atoms with Gasteiger partial charge in [0.25, 0.3) is 10.0 Å². The Balaban J connectivity index is 2.04. The summed E-state index contributed by atoms with van der Waals surface area (Å²) in [6.45, 7) is 5.65. The van der Waals surface area contributed by atoms with Crippen LogP contribution in [0.2, 0.25) is 5.02 Å². The first kappa shape index (κ1) is 32.8. The van der Waals surface area contributed by atoms with E-state index < -0.39 is 28.5 Å². The summed E-state index contributed by atoms with van der Waals surface area (Å²) in [6.07, 6.45) is 1.71. The van der Waals surface area contributed by atoms with Crippen LogP contribution in [-0.4, -0.2) is 58.5 Å². The lowest BCUT2D eigenvalue weighted by molar-refractivity contribution is -0.139. The maximum absolute atomic E-state index is 14.1. The molecule has 0 radical (unpaired) electrons. The Morgan fingerprint density at radius 1 is 0.976 bits per heavy atom. The van der Waals surface area contributed by atoms with Crippen molar-refractivity contribution in [1.82, 2.24) is 10.2 Å². The molecule has 0 aliphatic heterocycles. The van der Waals surface area contributed by atoms with Gasteiger partial charge in [-0.25, -0.2) is 8.42 Å². The molecule has 3 rings (SSSR count). The van der Waals surface area contributed by atoms with Crippen LogP contribution >= 0.6 is 11.6 Å². The standard InChI is InChI=1S/C31H38ClN3O6S/c1-6-7-17-33-31(37)23(3)34(20-24-10-8-9-22(2)18-24)30(36)21-35(26-13-11-25(32)12-14-26)42(38,39)27-15-16-28(40-4)29(19-27)41-5/h8-16,18-19,23H,6-7,17,20-21H2,1-5H3,(H,33,37). The van der Waals surface area contributed by atoms with Crippen LogP contribution < -0.4 is 19.1 Å². The minimum atomic E-state index is -4.29. The highest BCUT2D eigenvalue weighted by atomic mass is 35.5. The van der Waals surface area contributed by atoms with E-state index >= 15 is 0 Å². The fourth-order valence-electron chi connectivity index (χ4n) is 4.37. The van der Waals surface area contributed by atoms with Gasteiger partial charge in [0.15, 0.2) is 11.5 Å². The van der Waals surface area contributed by atoms with E-state index in [0.717, 1.165) is 28.3 Å². The van der Waals surface area contributed by atoms with Crippen molar-refractivity contribution in [2.24, 2.45) is 0 Å². The van der Waals surface area contributed by atoms with Gasteiger partial charge in [0.1, 0.15) is 12.6 Å². The van der Waals surface area contributed by atoms with Crippen molar-refractivity contribution < 1.29 is 27.5 Å². The number of hydrogen-bond donors (Lipinski definition) is 1. The summed E-state index contributed by atoms with van der Waals surface area (Å²) in [6, 6.07) is 17.1. The zero-order chi connectivity index (χ0) is 30.9. The zero-order valence-corrected chi connectivity index (χ0v) is 26.2. The van der Waals surface area contributed by atoms with E-state index in [1.165, 1.54) is 49.5 Å². The van der Waals surface area contributed by atoms with E-state index in [1.807, 2.05) is 38.1 Å². The predicted molar refractivity (Wildman–Crippen MR) is 165 cm³/mol. The number of nitrogens with one attached hydrogen (secondary N) is 1. The highest BCUT2D eigenvalue weighted by Gasteiger charge is 2.33. The summed E-state index contributed by atoms with van der Waals surface area (Å²) in [5.74, 6) is -0.281. The summed E-state index contributed by atoms with van der Waals surface area (Å²) in [5.41, 5.74) is 2.05. The van der Waals surface area contributed by atoms with Gasteiger partial charge in [0, 0.05) is 24.2 Å². The fraction of sp³-hybridized carbons (Fsp3) is 0.355. The minimum Gasteiger partial charge on any atom is -0.493 e. The second-order valence-corrected chi connectivity index (χ2v) is 12.1. The average Bonchev–Trinajstić information content (AvgIpc) is 2.98. The number of unbranched alkanes of at least 4 members (excludes halogenated alkanes) is 1. The Bertz CT molecular complexity index is 1480. The summed E-state index contributed by atoms with van der Waals surface area (Å²) in [5, 5.41) is 3.29. The number of carbonyl (C=O) groups excluding carboxylic acids is 2. The largest absolute Gasteiger partial charge is 0.493 e. The Morgan fingerprint density at radius 2 is 1.67 bits per heavy atom. The normalized spacial score (nSPS) is 11.9. The number of nitrogens with zero attached hydrogens (tertiary/aromatic N) is 2. The summed E-state index contributed by atoms with van der Waals surface area (Å²) in [7, 11) is -1.43. The van der Waals surface area contributed by atoms with Gasteiger partial charge in [-0.15, -0.1) is 0 Å². The highest BCUT2D eigenvalue weighted by molar-refractivity contribution is 7.92. The van der Waals surface area contributed by atoms with Crippen molar-refractivity contribution in [3.63, 3.8) is 0 Å². The van der Waals surface area contributed by atoms with Crippen molar-refractivity contribution in [1.29, 1.82) is 0 Å². The number of hydrogen-bond acceptors (Lipinski definition) is 6. The molecule has 1 unspecified atom stereocenters. The molecule has 0 aliphatic rings. The molecule has 226 valence electrons. The molecule has 0 spiro atoms. The summed E-state index contributed by atoms with van der Waals surface area (Å²) in [4.78, 5) is 28.4. The third-order valence-electron chi connectivity index (χ3n) is 6.77. The van der Waals surface area contributed by atoms with Crippen LogP contribution in [0.4, 0.5) is 5.69 Å². The number of amides is 2. The molecular weight excluding hydrogens is 578 g/mol. The van der Waals surface area contributed by atoms with Crippen LogP contribution in [-0.2, 0) is 26.2 Å². The summed E-state index contributed by atoms with van der Waals surface area (Å²) < 4.78 is 39.7. The predicted octanol–water partition coefficient (Wildman–Crippen LogP) is 5.19. The van der Waals surface area contributed by atoms with Crippen LogP contribution in [0.25, 0.3) is 0 Å². The molecule has 0 heterocycles. The van der Waals surface area contributed by atoms with Crippen LogP contribution in [0, 0.1) is 6.92 Å². The Hall–Kier alpha value is -3.76. The first-order valence-corrected chi connectivity index (χ1v) is 15.5. The van der Waals surface area contributed by atoms with Gasteiger partial charge >= 0.3 is 0 Å². The van der Waals surface area contributed by atoms with E-state index in [9.17, 15) is 18.0 Å². The third-order valence-corrected chi connectivity index (χ3v) is 8.79. The van der Waals surface area contributed by atoms with Crippen molar-refractivity contribution in [3.8, 4) is 11.5 Å². The van der Waals surface area contributed by atoms with E-state index in [4.69, 9.17) is 21.1 Å². The zero-order valence-electron chi connectivity index (χ0n) is 24.6. The highest BCUT2D eigenvalue weighted by Crippen LogP contribution is 2.32. The van der Waals surface area contributed by atoms with Gasteiger partial charge in [0.05, 0.1) is 24.8 Å². The molecule has 42 heavy (non-hydrogen) atoms. The molecule has 2 amide bonds. The van der Waals surface area contributed by atoms with E-state index in [1.54, 1.807) is 19.1 Å². The van der Waals surface area contributed by atoms with E-state index in [2.05, 4.69) is 5.32 Å². The van der Waals surface area contributed by atoms with Crippen LogP contribution in [0.5, 0.6) is 11.5 Å². The Morgan fingerprint density at radius 3 is 2.29 bits per heavy atom. The van der Waals surface area contributed by atoms with Gasteiger partial charge in [0.2, 0.25) is 11.8 Å². The molecule has 0 bridgehead atoms. The molecule has 1 atom stereocenters. The van der Waals surface area contributed by atoms with Crippen molar-refractivity contribution >= 4 is 39.1 Å². The lowest BCUT2D eigenvalue weighted by atomic mass is 10.1. The van der Waals surface area contributed by atoms with Gasteiger partial charge in [-0.3, -0.25) is 13.9 Å². The SMILES string of the molecule is CCCCNC(=O)C(C)N(Cc1cccc(C)c1)C(=O)CN(c1ccc(Cl)cc1)S(=O)(=O)c1ccc(OC)c(OC)c1. The molecule has 9 nitrogen and oxygen atoms in total. The van der Waals surface area contributed by atoms with Crippen LogP contribution in [0.3, 0.4) is 0 Å².